The minimum Gasteiger partial charge on any atom is -0.371 e. The molecule has 3 rings (SSSR count). The Hall–Kier alpha value is -0.870. The SMILES string of the molecule is CCc1nc(Cl)cc(N2CC3CCC(C2)O3)n1. The highest BCUT2D eigenvalue weighted by atomic mass is 35.5. The first-order chi connectivity index (χ1) is 8.24. The zero-order valence-electron chi connectivity index (χ0n) is 9.90. The molecule has 0 aliphatic carbocycles. The standard InChI is InChI=1S/C12H16ClN3O/c1-2-11-14-10(13)5-12(15-11)16-6-8-3-4-9(7-16)17-8/h5,8-9H,2-4,6-7H2,1H3. The van der Waals surface area contributed by atoms with Crippen molar-refractivity contribution in [1.82, 2.24) is 9.97 Å². The van der Waals surface area contributed by atoms with Gasteiger partial charge in [-0.05, 0) is 12.8 Å². The van der Waals surface area contributed by atoms with Gasteiger partial charge in [0.25, 0.3) is 0 Å². The van der Waals surface area contributed by atoms with E-state index in [-0.39, 0.29) is 0 Å². The number of morpholine rings is 1. The Balaban J connectivity index is 1.86. The molecule has 1 aromatic heterocycles. The van der Waals surface area contributed by atoms with Gasteiger partial charge in [0.05, 0.1) is 12.2 Å². The van der Waals surface area contributed by atoms with Crippen LogP contribution in [0.2, 0.25) is 5.15 Å². The van der Waals surface area contributed by atoms with Crippen LogP contribution in [0.3, 0.4) is 0 Å². The molecule has 0 spiro atoms. The predicted octanol–water partition coefficient (Wildman–Crippen LogP) is 2.06. The van der Waals surface area contributed by atoms with Gasteiger partial charge in [0.2, 0.25) is 0 Å². The number of hydrogen-bond acceptors (Lipinski definition) is 4. The number of hydrogen-bond donors (Lipinski definition) is 0. The molecule has 2 aliphatic rings. The highest BCUT2D eigenvalue weighted by Gasteiger charge is 2.34. The van der Waals surface area contributed by atoms with Gasteiger partial charge >= 0.3 is 0 Å². The van der Waals surface area contributed by atoms with Crippen molar-refractivity contribution in [2.75, 3.05) is 18.0 Å². The van der Waals surface area contributed by atoms with Crippen molar-refractivity contribution in [3.63, 3.8) is 0 Å². The minimum atomic E-state index is 0.368. The summed E-state index contributed by atoms with van der Waals surface area (Å²) in [6.07, 6.45) is 3.88. The van der Waals surface area contributed by atoms with Crippen LogP contribution in [0.5, 0.6) is 0 Å². The van der Waals surface area contributed by atoms with Gasteiger partial charge in [-0.25, -0.2) is 9.97 Å². The molecule has 0 saturated carbocycles. The Bertz CT molecular complexity index is 414. The summed E-state index contributed by atoms with van der Waals surface area (Å²) >= 11 is 6.03. The van der Waals surface area contributed by atoms with Crippen molar-refractivity contribution in [3.05, 3.63) is 17.0 Å². The summed E-state index contributed by atoms with van der Waals surface area (Å²) < 4.78 is 5.82. The Labute approximate surface area is 106 Å². The van der Waals surface area contributed by atoms with Crippen LogP contribution in [0.15, 0.2) is 6.07 Å². The second-order valence-corrected chi connectivity index (χ2v) is 5.07. The summed E-state index contributed by atoms with van der Waals surface area (Å²) in [6.45, 7) is 3.89. The molecule has 2 aliphatic heterocycles. The van der Waals surface area contributed by atoms with Gasteiger partial charge in [0.1, 0.15) is 16.8 Å². The lowest BCUT2D eigenvalue weighted by Gasteiger charge is -2.33. The van der Waals surface area contributed by atoms with Crippen molar-refractivity contribution in [2.24, 2.45) is 0 Å². The van der Waals surface area contributed by atoms with E-state index in [0.717, 1.165) is 31.2 Å². The Kier molecular flexibility index (Phi) is 2.92. The molecule has 1 aromatic rings. The van der Waals surface area contributed by atoms with E-state index in [4.69, 9.17) is 16.3 Å². The molecule has 4 nitrogen and oxygen atoms in total. The molecule has 17 heavy (non-hydrogen) atoms. The van der Waals surface area contributed by atoms with Crippen LogP contribution in [0.25, 0.3) is 0 Å². The molecule has 2 bridgehead atoms. The quantitative estimate of drug-likeness (QED) is 0.757. The fourth-order valence-electron chi connectivity index (χ4n) is 2.57. The van der Waals surface area contributed by atoms with E-state index in [9.17, 15) is 0 Å². The van der Waals surface area contributed by atoms with Crippen LogP contribution < -0.4 is 4.90 Å². The second-order valence-electron chi connectivity index (χ2n) is 4.68. The zero-order chi connectivity index (χ0) is 11.8. The molecule has 5 heteroatoms. The lowest BCUT2D eigenvalue weighted by Crippen LogP contribution is -2.43. The number of rotatable bonds is 2. The molecule has 92 valence electrons. The zero-order valence-corrected chi connectivity index (χ0v) is 10.7. The number of anilines is 1. The first-order valence-corrected chi connectivity index (χ1v) is 6.56. The summed E-state index contributed by atoms with van der Waals surface area (Å²) in [5.41, 5.74) is 0. The average Bonchev–Trinajstić information content (AvgIpc) is 2.67. The predicted molar refractivity (Wildman–Crippen MR) is 66.5 cm³/mol. The van der Waals surface area contributed by atoms with Crippen molar-refractivity contribution < 1.29 is 4.74 Å². The molecule has 0 amide bonds. The Morgan fingerprint density at radius 2 is 2.06 bits per heavy atom. The Morgan fingerprint density at radius 3 is 2.71 bits per heavy atom. The monoisotopic (exact) mass is 253 g/mol. The van der Waals surface area contributed by atoms with E-state index in [0.29, 0.717) is 17.4 Å². The van der Waals surface area contributed by atoms with Crippen LogP contribution in [0.4, 0.5) is 5.82 Å². The summed E-state index contributed by atoms with van der Waals surface area (Å²) in [7, 11) is 0. The summed E-state index contributed by atoms with van der Waals surface area (Å²) in [4.78, 5) is 11.0. The molecule has 0 radical (unpaired) electrons. The van der Waals surface area contributed by atoms with Gasteiger partial charge in [0, 0.05) is 25.6 Å². The summed E-state index contributed by atoms with van der Waals surface area (Å²) in [5.74, 6) is 1.76. The second kappa shape index (κ2) is 4.42. The first kappa shape index (κ1) is 11.2. The van der Waals surface area contributed by atoms with Gasteiger partial charge in [-0.15, -0.1) is 0 Å². The lowest BCUT2D eigenvalue weighted by atomic mass is 10.2. The van der Waals surface area contributed by atoms with E-state index in [1.807, 2.05) is 13.0 Å². The average molecular weight is 254 g/mol. The third-order valence-corrected chi connectivity index (χ3v) is 3.61. The van der Waals surface area contributed by atoms with Crippen molar-refractivity contribution >= 4 is 17.4 Å². The van der Waals surface area contributed by atoms with Gasteiger partial charge in [-0.1, -0.05) is 18.5 Å². The fraction of sp³-hybridized carbons (Fsp3) is 0.667. The van der Waals surface area contributed by atoms with Crippen LogP contribution >= 0.6 is 11.6 Å². The van der Waals surface area contributed by atoms with Crippen LogP contribution in [0.1, 0.15) is 25.6 Å². The van der Waals surface area contributed by atoms with Crippen LogP contribution in [0, 0.1) is 0 Å². The number of ether oxygens (including phenoxy) is 1. The number of fused-ring (bicyclic) bond motifs is 2. The number of aromatic nitrogens is 2. The molecule has 2 atom stereocenters. The summed E-state index contributed by atoms with van der Waals surface area (Å²) in [5, 5.41) is 0.533. The maximum absolute atomic E-state index is 6.03. The number of aryl methyl sites for hydroxylation is 1. The van der Waals surface area contributed by atoms with Crippen LogP contribution in [-0.4, -0.2) is 35.3 Å². The molecule has 0 aromatic carbocycles. The van der Waals surface area contributed by atoms with Crippen molar-refractivity contribution in [3.8, 4) is 0 Å². The molecule has 0 N–H and O–H groups in total. The topological polar surface area (TPSA) is 38.2 Å². The maximum Gasteiger partial charge on any atom is 0.134 e. The maximum atomic E-state index is 6.03. The fourth-order valence-corrected chi connectivity index (χ4v) is 2.77. The van der Waals surface area contributed by atoms with E-state index in [2.05, 4.69) is 14.9 Å². The first-order valence-electron chi connectivity index (χ1n) is 6.18. The molecule has 2 fully saturated rings. The van der Waals surface area contributed by atoms with E-state index >= 15 is 0 Å². The van der Waals surface area contributed by atoms with Crippen molar-refractivity contribution in [1.29, 1.82) is 0 Å². The van der Waals surface area contributed by atoms with E-state index in [1.54, 1.807) is 0 Å². The number of nitrogens with zero attached hydrogens (tertiary/aromatic N) is 3. The van der Waals surface area contributed by atoms with Gasteiger partial charge in [-0.3, -0.25) is 0 Å². The normalized spacial score (nSPS) is 27.5. The van der Waals surface area contributed by atoms with Crippen LogP contribution in [-0.2, 0) is 11.2 Å². The highest BCUT2D eigenvalue weighted by molar-refractivity contribution is 6.29. The summed E-state index contributed by atoms with van der Waals surface area (Å²) in [6, 6.07) is 1.85. The van der Waals surface area contributed by atoms with Gasteiger partial charge in [-0.2, -0.15) is 0 Å². The molecule has 3 heterocycles. The lowest BCUT2D eigenvalue weighted by molar-refractivity contribution is 0.0302. The Morgan fingerprint density at radius 1 is 1.35 bits per heavy atom. The van der Waals surface area contributed by atoms with Gasteiger partial charge in [0.15, 0.2) is 0 Å². The third-order valence-electron chi connectivity index (χ3n) is 3.41. The molecule has 2 unspecified atom stereocenters. The van der Waals surface area contributed by atoms with E-state index in [1.165, 1.54) is 12.8 Å². The van der Waals surface area contributed by atoms with E-state index < -0.39 is 0 Å². The molecular weight excluding hydrogens is 238 g/mol. The smallest absolute Gasteiger partial charge is 0.134 e. The number of halogens is 1. The minimum absolute atomic E-state index is 0.368. The highest BCUT2D eigenvalue weighted by Crippen LogP contribution is 2.29. The van der Waals surface area contributed by atoms with Gasteiger partial charge < -0.3 is 9.64 Å². The van der Waals surface area contributed by atoms with Crippen molar-refractivity contribution in [2.45, 2.75) is 38.4 Å². The molecule has 2 saturated heterocycles. The third kappa shape index (κ3) is 2.24. The molecular formula is C12H16ClN3O. The largest absolute Gasteiger partial charge is 0.371 e.